The third kappa shape index (κ3) is 2.65. The second-order valence-corrected chi connectivity index (χ2v) is 5.59. The molecule has 0 saturated carbocycles. The highest BCUT2D eigenvalue weighted by atomic mass is 19.4. The molecular weight excluding hydrogens is 297 g/mol. The van der Waals surface area contributed by atoms with E-state index in [1.54, 1.807) is 18.2 Å². The summed E-state index contributed by atoms with van der Waals surface area (Å²) in [5.41, 5.74) is -1.18. The molecule has 0 radical (unpaired) electrons. The van der Waals surface area contributed by atoms with Crippen LogP contribution in [0.3, 0.4) is 0 Å². The number of ether oxygens (including phenoxy) is 1. The normalized spacial score (nSPS) is 23.9. The maximum absolute atomic E-state index is 13.3. The summed E-state index contributed by atoms with van der Waals surface area (Å²) in [5.74, 6) is -1.65. The molecule has 1 aromatic carbocycles. The van der Waals surface area contributed by atoms with Crippen LogP contribution in [0.1, 0.15) is 36.8 Å². The lowest BCUT2D eigenvalue weighted by molar-refractivity contribution is -0.260. The molecule has 0 bridgehead atoms. The SMILES string of the molecule is CCC(OC)(C(=O)C[C@@H]1c2ccccc2C[C@@H]1O)C(F)(F)F. The highest BCUT2D eigenvalue weighted by molar-refractivity contribution is 5.89. The van der Waals surface area contributed by atoms with Gasteiger partial charge in [0.05, 0.1) is 6.10 Å². The van der Waals surface area contributed by atoms with Gasteiger partial charge < -0.3 is 9.84 Å². The molecule has 122 valence electrons. The first-order chi connectivity index (χ1) is 10.3. The third-order valence-electron chi connectivity index (χ3n) is 4.51. The van der Waals surface area contributed by atoms with E-state index < -0.39 is 36.0 Å². The van der Waals surface area contributed by atoms with E-state index >= 15 is 0 Å². The van der Waals surface area contributed by atoms with E-state index in [4.69, 9.17) is 0 Å². The summed E-state index contributed by atoms with van der Waals surface area (Å²) in [5, 5.41) is 10.1. The summed E-state index contributed by atoms with van der Waals surface area (Å²) in [4.78, 5) is 12.3. The van der Waals surface area contributed by atoms with Crippen LogP contribution >= 0.6 is 0 Å². The number of fused-ring (bicyclic) bond motifs is 1. The minimum atomic E-state index is -4.78. The van der Waals surface area contributed by atoms with Gasteiger partial charge in [-0.05, 0) is 24.0 Å². The predicted molar refractivity (Wildman–Crippen MR) is 74.6 cm³/mol. The van der Waals surface area contributed by atoms with Gasteiger partial charge in [-0.15, -0.1) is 0 Å². The topological polar surface area (TPSA) is 46.5 Å². The van der Waals surface area contributed by atoms with Gasteiger partial charge in [-0.1, -0.05) is 31.2 Å². The number of aliphatic hydroxyl groups excluding tert-OH is 1. The number of methoxy groups -OCH3 is 1. The zero-order chi connectivity index (χ0) is 16.5. The molecule has 3 atom stereocenters. The summed E-state index contributed by atoms with van der Waals surface area (Å²) in [6, 6.07) is 7.12. The molecule has 6 heteroatoms. The van der Waals surface area contributed by atoms with Crippen molar-refractivity contribution in [3.05, 3.63) is 35.4 Å². The van der Waals surface area contributed by atoms with Crippen molar-refractivity contribution in [2.75, 3.05) is 7.11 Å². The number of carbonyl (C=O) groups is 1. The molecule has 1 aliphatic rings. The molecule has 2 rings (SSSR count). The predicted octanol–water partition coefficient (Wildman–Crippen LogP) is 3.00. The third-order valence-corrected chi connectivity index (χ3v) is 4.51. The van der Waals surface area contributed by atoms with Gasteiger partial charge in [-0.25, -0.2) is 0 Å². The molecule has 1 unspecified atom stereocenters. The van der Waals surface area contributed by atoms with Crippen LogP contribution in [-0.2, 0) is 16.0 Å². The highest BCUT2D eigenvalue weighted by Gasteiger charge is 2.59. The summed E-state index contributed by atoms with van der Waals surface area (Å²) >= 11 is 0. The molecule has 1 N–H and O–H groups in total. The molecule has 1 aromatic rings. The average molecular weight is 316 g/mol. The molecular formula is C16H19F3O3. The summed E-state index contributed by atoms with van der Waals surface area (Å²) in [6.45, 7) is 1.27. The van der Waals surface area contributed by atoms with Crippen molar-refractivity contribution in [1.82, 2.24) is 0 Å². The zero-order valence-electron chi connectivity index (χ0n) is 12.5. The quantitative estimate of drug-likeness (QED) is 0.908. The maximum atomic E-state index is 13.3. The van der Waals surface area contributed by atoms with E-state index in [-0.39, 0.29) is 6.42 Å². The van der Waals surface area contributed by atoms with Crippen LogP contribution in [0.25, 0.3) is 0 Å². The van der Waals surface area contributed by atoms with Crippen LogP contribution in [0, 0.1) is 0 Å². The van der Waals surface area contributed by atoms with Crippen LogP contribution in [0.2, 0.25) is 0 Å². The molecule has 1 aliphatic carbocycles. The Kier molecular flexibility index (Phi) is 4.63. The molecule has 0 saturated heterocycles. The van der Waals surface area contributed by atoms with Gasteiger partial charge in [-0.3, -0.25) is 4.79 Å². The van der Waals surface area contributed by atoms with Gasteiger partial charge in [-0.2, -0.15) is 13.2 Å². The Hall–Kier alpha value is -1.40. The minimum Gasteiger partial charge on any atom is -0.392 e. The van der Waals surface area contributed by atoms with Crippen molar-refractivity contribution in [1.29, 1.82) is 0 Å². The number of rotatable bonds is 5. The van der Waals surface area contributed by atoms with Crippen molar-refractivity contribution < 1.29 is 27.8 Å². The standard InChI is InChI=1S/C16H19F3O3/c1-3-15(22-2,16(17,18)19)14(21)9-12-11-7-5-4-6-10(11)8-13(12)20/h4-7,12-13,20H,3,8-9H2,1-2H3/t12-,13+,15?/m1/s1. The molecule has 0 aliphatic heterocycles. The number of hydrogen-bond donors (Lipinski definition) is 1. The molecule has 0 fully saturated rings. The number of Topliss-reactive ketones (excluding diaryl/α,β-unsaturated/α-hetero) is 1. The lowest BCUT2D eigenvalue weighted by Gasteiger charge is -2.33. The molecule has 22 heavy (non-hydrogen) atoms. The molecule has 3 nitrogen and oxygen atoms in total. The van der Waals surface area contributed by atoms with Gasteiger partial charge >= 0.3 is 6.18 Å². The second kappa shape index (κ2) is 6.01. The summed E-state index contributed by atoms with van der Waals surface area (Å²) < 4.78 is 44.4. The number of carbonyl (C=O) groups excluding carboxylic acids is 1. The van der Waals surface area contributed by atoms with E-state index in [0.29, 0.717) is 6.42 Å². The first kappa shape index (κ1) is 17.0. The van der Waals surface area contributed by atoms with Crippen molar-refractivity contribution >= 4 is 5.78 Å². The van der Waals surface area contributed by atoms with Crippen molar-refractivity contribution in [2.45, 2.75) is 50.0 Å². The van der Waals surface area contributed by atoms with Gasteiger partial charge in [0.1, 0.15) is 0 Å². The van der Waals surface area contributed by atoms with Gasteiger partial charge in [0.15, 0.2) is 5.78 Å². The highest BCUT2D eigenvalue weighted by Crippen LogP contribution is 2.42. The second-order valence-electron chi connectivity index (χ2n) is 5.59. The van der Waals surface area contributed by atoms with Gasteiger partial charge in [0, 0.05) is 19.4 Å². The Morgan fingerprint density at radius 1 is 1.36 bits per heavy atom. The van der Waals surface area contributed by atoms with Crippen LogP contribution < -0.4 is 0 Å². The van der Waals surface area contributed by atoms with Crippen LogP contribution in [-0.4, -0.2) is 35.9 Å². The fourth-order valence-electron chi connectivity index (χ4n) is 3.20. The number of halogens is 3. The molecule has 0 heterocycles. The van der Waals surface area contributed by atoms with Gasteiger partial charge in [0.2, 0.25) is 5.60 Å². The lowest BCUT2D eigenvalue weighted by atomic mass is 9.85. The average Bonchev–Trinajstić information content (AvgIpc) is 2.76. The molecule has 0 spiro atoms. The Balaban J connectivity index is 2.28. The monoisotopic (exact) mass is 316 g/mol. The van der Waals surface area contributed by atoms with Crippen LogP contribution in [0.4, 0.5) is 13.2 Å². The summed E-state index contributed by atoms with van der Waals surface area (Å²) in [7, 11) is 0.897. The van der Waals surface area contributed by atoms with Crippen molar-refractivity contribution in [3.63, 3.8) is 0 Å². The first-order valence-electron chi connectivity index (χ1n) is 7.18. The Morgan fingerprint density at radius 2 is 2.00 bits per heavy atom. The van der Waals surface area contributed by atoms with Crippen molar-refractivity contribution in [2.24, 2.45) is 0 Å². The fourth-order valence-corrected chi connectivity index (χ4v) is 3.20. The van der Waals surface area contributed by atoms with Crippen LogP contribution in [0.15, 0.2) is 24.3 Å². The van der Waals surface area contributed by atoms with E-state index in [2.05, 4.69) is 4.74 Å². The van der Waals surface area contributed by atoms with Crippen molar-refractivity contribution in [3.8, 4) is 0 Å². The Morgan fingerprint density at radius 3 is 2.55 bits per heavy atom. The van der Waals surface area contributed by atoms with Crippen LogP contribution in [0.5, 0.6) is 0 Å². The Labute approximate surface area is 127 Å². The maximum Gasteiger partial charge on any atom is 0.424 e. The lowest BCUT2D eigenvalue weighted by Crippen LogP contribution is -2.53. The molecule has 0 amide bonds. The van der Waals surface area contributed by atoms with E-state index in [0.717, 1.165) is 18.2 Å². The van der Waals surface area contributed by atoms with E-state index in [9.17, 15) is 23.1 Å². The fraction of sp³-hybridized carbons (Fsp3) is 0.562. The first-order valence-corrected chi connectivity index (χ1v) is 7.18. The number of alkyl halides is 3. The number of ketones is 1. The Bertz CT molecular complexity index is 550. The number of hydrogen-bond acceptors (Lipinski definition) is 3. The zero-order valence-corrected chi connectivity index (χ0v) is 12.5. The summed E-state index contributed by atoms with van der Waals surface area (Å²) in [6.07, 6.45) is -6.15. The van der Waals surface area contributed by atoms with Gasteiger partial charge in [0.25, 0.3) is 0 Å². The smallest absolute Gasteiger partial charge is 0.392 e. The number of benzene rings is 1. The minimum absolute atomic E-state index is 0.353. The van der Waals surface area contributed by atoms with E-state index in [1.807, 2.05) is 6.07 Å². The molecule has 0 aromatic heterocycles. The number of aliphatic hydroxyl groups is 1. The van der Waals surface area contributed by atoms with E-state index in [1.165, 1.54) is 6.92 Å². The largest absolute Gasteiger partial charge is 0.424 e.